The normalized spacial score (nSPS) is 12.2. The molecule has 6 heteroatoms. The summed E-state index contributed by atoms with van der Waals surface area (Å²) >= 11 is 0. The van der Waals surface area contributed by atoms with Crippen molar-refractivity contribution in [1.82, 2.24) is 10.9 Å². The van der Waals surface area contributed by atoms with Crippen molar-refractivity contribution in [3.05, 3.63) is 53.1 Å². The predicted molar refractivity (Wildman–Crippen MR) is 104 cm³/mol. The molecule has 0 bridgehead atoms. The van der Waals surface area contributed by atoms with Crippen molar-refractivity contribution < 1.29 is 14.8 Å². The van der Waals surface area contributed by atoms with E-state index < -0.39 is 5.91 Å². The smallest absolute Gasteiger partial charge is 0.271 e. The van der Waals surface area contributed by atoms with Gasteiger partial charge in [-0.1, -0.05) is 30.7 Å². The Labute approximate surface area is 154 Å². The molecule has 1 aromatic rings. The molecule has 26 heavy (non-hydrogen) atoms. The number of amides is 2. The molecule has 0 aliphatic rings. The quantitative estimate of drug-likeness (QED) is 0.207. The Morgan fingerprint density at radius 3 is 2.54 bits per heavy atom. The van der Waals surface area contributed by atoms with Gasteiger partial charge in [-0.2, -0.15) is 5.10 Å². The first-order valence-corrected chi connectivity index (χ1v) is 8.59. The number of nitrogens with one attached hydrogen (secondary N) is 2. The van der Waals surface area contributed by atoms with Crippen molar-refractivity contribution >= 4 is 24.1 Å². The monoisotopic (exact) mass is 357 g/mol. The molecule has 0 aliphatic carbocycles. The lowest BCUT2D eigenvalue weighted by atomic mass is 10.0. The van der Waals surface area contributed by atoms with Crippen molar-refractivity contribution in [3.63, 3.8) is 0 Å². The van der Waals surface area contributed by atoms with Gasteiger partial charge in [0.25, 0.3) is 11.8 Å². The minimum atomic E-state index is -0.615. The molecule has 0 fully saturated rings. The summed E-state index contributed by atoms with van der Waals surface area (Å²) in [5.74, 6) is -0.397. The number of carbonyl (C=O) groups excluding carboxylic acids is 2. The first kappa shape index (κ1) is 21.3. The summed E-state index contributed by atoms with van der Waals surface area (Å²) < 4.78 is 0. The molecular formula is C20H27N3O3. The standard InChI is InChI=1S/C20H27N3O3/c1-15(2)5-4-6-16(3)13-14-21-22-20(25)18-10-7-17(8-11-18)9-12-19(24)23-26/h5,7-12,14,16,26H,4,6,13H2,1-3H3,(H,22,25)(H,23,24). The molecule has 0 spiro atoms. The van der Waals surface area contributed by atoms with Gasteiger partial charge in [-0.05, 0) is 62.8 Å². The van der Waals surface area contributed by atoms with E-state index in [4.69, 9.17) is 5.21 Å². The Morgan fingerprint density at radius 2 is 1.92 bits per heavy atom. The highest BCUT2D eigenvalue weighted by atomic mass is 16.5. The van der Waals surface area contributed by atoms with Crippen molar-refractivity contribution in [3.8, 4) is 0 Å². The average Bonchev–Trinajstić information content (AvgIpc) is 2.63. The third-order valence-electron chi connectivity index (χ3n) is 3.69. The topological polar surface area (TPSA) is 90.8 Å². The van der Waals surface area contributed by atoms with Gasteiger partial charge in [0, 0.05) is 17.9 Å². The molecule has 140 valence electrons. The van der Waals surface area contributed by atoms with Gasteiger partial charge in [-0.25, -0.2) is 10.9 Å². The number of hydrogen-bond acceptors (Lipinski definition) is 4. The minimum absolute atomic E-state index is 0.290. The van der Waals surface area contributed by atoms with Gasteiger partial charge in [0.15, 0.2) is 0 Å². The van der Waals surface area contributed by atoms with E-state index in [0.29, 0.717) is 11.5 Å². The molecule has 1 unspecified atom stereocenters. The van der Waals surface area contributed by atoms with E-state index in [1.54, 1.807) is 30.5 Å². The van der Waals surface area contributed by atoms with Crippen LogP contribution in [0, 0.1) is 5.92 Å². The first-order chi connectivity index (χ1) is 12.4. The lowest BCUT2D eigenvalue weighted by Gasteiger charge is -2.06. The number of hydrazone groups is 1. The molecule has 0 heterocycles. The number of nitrogens with zero attached hydrogens (tertiary/aromatic N) is 1. The van der Waals surface area contributed by atoms with Gasteiger partial charge >= 0.3 is 0 Å². The summed E-state index contributed by atoms with van der Waals surface area (Å²) in [6.07, 6.45) is 9.65. The van der Waals surface area contributed by atoms with Crippen LogP contribution in [0.4, 0.5) is 0 Å². The van der Waals surface area contributed by atoms with Crippen LogP contribution in [0.5, 0.6) is 0 Å². The fraction of sp³-hybridized carbons (Fsp3) is 0.350. The fourth-order valence-corrected chi connectivity index (χ4v) is 2.13. The molecule has 1 aromatic carbocycles. The van der Waals surface area contributed by atoms with E-state index in [0.717, 1.165) is 24.8 Å². The molecular weight excluding hydrogens is 330 g/mol. The fourth-order valence-electron chi connectivity index (χ4n) is 2.13. The number of hydrogen-bond donors (Lipinski definition) is 3. The number of hydroxylamine groups is 1. The van der Waals surface area contributed by atoms with Crippen LogP contribution < -0.4 is 10.9 Å². The molecule has 6 nitrogen and oxygen atoms in total. The number of allylic oxidation sites excluding steroid dienone is 2. The van der Waals surface area contributed by atoms with E-state index >= 15 is 0 Å². The summed E-state index contributed by atoms with van der Waals surface area (Å²) in [5.41, 5.74) is 6.56. The molecule has 3 N–H and O–H groups in total. The summed E-state index contributed by atoms with van der Waals surface area (Å²) in [6, 6.07) is 6.68. The predicted octanol–water partition coefficient (Wildman–Crippen LogP) is 3.69. The van der Waals surface area contributed by atoms with Crippen LogP contribution in [-0.4, -0.2) is 23.2 Å². The summed E-state index contributed by atoms with van der Waals surface area (Å²) in [7, 11) is 0. The van der Waals surface area contributed by atoms with Crippen molar-refractivity contribution in [2.45, 2.75) is 40.0 Å². The lowest BCUT2D eigenvalue weighted by Crippen LogP contribution is -2.17. The maximum Gasteiger partial charge on any atom is 0.271 e. The third-order valence-corrected chi connectivity index (χ3v) is 3.69. The molecule has 1 atom stereocenters. The zero-order valence-corrected chi connectivity index (χ0v) is 15.5. The maximum absolute atomic E-state index is 12.0. The summed E-state index contributed by atoms with van der Waals surface area (Å²) in [6.45, 7) is 6.35. The molecule has 0 aliphatic heterocycles. The van der Waals surface area contributed by atoms with E-state index in [-0.39, 0.29) is 5.91 Å². The highest BCUT2D eigenvalue weighted by Gasteiger charge is 2.04. The summed E-state index contributed by atoms with van der Waals surface area (Å²) in [4.78, 5) is 22.9. The van der Waals surface area contributed by atoms with Crippen LogP contribution in [0.25, 0.3) is 6.08 Å². The zero-order chi connectivity index (χ0) is 19.4. The highest BCUT2D eigenvalue weighted by molar-refractivity contribution is 5.95. The second-order valence-corrected chi connectivity index (χ2v) is 6.38. The number of benzene rings is 1. The third kappa shape index (κ3) is 8.94. The molecule has 0 radical (unpaired) electrons. The van der Waals surface area contributed by atoms with Gasteiger partial charge in [0.05, 0.1) is 0 Å². The summed E-state index contributed by atoms with van der Waals surface area (Å²) in [5, 5.41) is 12.4. The Bertz CT molecular complexity index is 672. The van der Waals surface area contributed by atoms with Crippen LogP contribution in [0.3, 0.4) is 0 Å². The lowest BCUT2D eigenvalue weighted by molar-refractivity contribution is -0.124. The van der Waals surface area contributed by atoms with E-state index in [1.165, 1.54) is 23.2 Å². The Kier molecular flexibility index (Phi) is 9.64. The molecule has 2 amide bonds. The maximum atomic E-state index is 12.0. The van der Waals surface area contributed by atoms with Gasteiger partial charge in [0.2, 0.25) is 0 Å². The van der Waals surface area contributed by atoms with E-state index in [1.807, 2.05) is 0 Å². The molecule has 0 saturated heterocycles. The highest BCUT2D eigenvalue weighted by Crippen LogP contribution is 2.10. The van der Waals surface area contributed by atoms with Crippen molar-refractivity contribution in [1.29, 1.82) is 0 Å². The van der Waals surface area contributed by atoms with Gasteiger partial charge in [-0.3, -0.25) is 14.8 Å². The van der Waals surface area contributed by atoms with Crippen molar-refractivity contribution in [2.24, 2.45) is 11.0 Å². The number of rotatable bonds is 9. The van der Waals surface area contributed by atoms with Crippen LogP contribution in [0.2, 0.25) is 0 Å². The Balaban J connectivity index is 2.42. The second kappa shape index (κ2) is 11.8. The number of carbonyl (C=O) groups is 2. The average molecular weight is 357 g/mol. The molecule has 0 saturated carbocycles. The van der Waals surface area contributed by atoms with Crippen molar-refractivity contribution in [2.75, 3.05) is 0 Å². The van der Waals surface area contributed by atoms with Crippen LogP contribution in [0.1, 0.15) is 56.0 Å². The van der Waals surface area contributed by atoms with Gasteiger partial charge in [0.1, 0.15) is 0 Å². The molecule has 1 rings (SSSR count). The first-order valence-electron chi connectivity index (χ1n) is 8.59. The van der Waals surface area contributed by atoms with Gasteiger partial charge < -0.3 is 0 Å². The molecule has 0 aromatic heterocycles. The van der Waals surface area contributed by atoms with Crippen LogP contribution in [-0.2, 0) is 4.79 Å². The van der Waals surface area contributed by atoms with Gasteiger partial charge in [-0.15, -0.1) is 0 Å². The van der Waals surface area contributed by atoms with Crippen LogP contribution >= 0.6 is 0 Å². The van der Waals surface area contributed by atoms with E-state index in [9.17, 15) is 9.59 Å². The Morgan fingerprint density at radius 1 is 1.23 bits per heavy atom. The second-order valence-electron chi connectivity index (χ2n) is 6.38. The van der Waals surface area contributed by atoms with E-state index in [2.05, 4.69) is 37.4 Å². The Hall–Kier alpha value is -2.73. The SMILES string of the molecule is CC(C)=CCCC(C)CC=NNC(=O)c1ccc(C=CC(=O)NO)cc1. The zero-order valence-electron chi connectivity index (χ0n) is 15.5. The minimum Gasteiger partial charge on any atom is -0.288 e. The van der Waals surface area contributed by atoms with Crippen LogP contribution in [0.15, 0.2) is 47.1 Å². The largest absolute Gasteiger partial charge is 0.288 e.